The number of carbonyl (C=O) groups excluding carboxylic acids is 1. The number of hydrogen-bond acceptors (Lipinski definition) is 2. The van der Waals surface area contributed by atoms with E-state index in [1.165, 1.54) is 0 Å². The van der Waals surface area contributed by atoms with Crippen molar-refractivity contribution in [1.82, 2.24) is 10.2 Å². The molecule has 0 spiro atoms. The highest BCUT2D eigenvalue weighted by Crippen LogP contribution is 2.38. The van der Waals surface area contributed by atoms with Gasteiger partial charge in [-0.1, -0.05) is 20.3 Å². The van der Waals surface area contributed by atoms with E-state index < -0.39 is 11.4 Å². The molecule has 20 heavy (non-hydrogen) atoms. The summed E-state index contributed by atoms with van der Waals surface area (Å²) >= 11 is 0. The fourth-order valence-electron chi connectivity index (χ4n) is 3.49. The van der Waals surface area contributed by atoms with Crippen LogP contribution in [0.5, 0.6) is 0 Å². The first kappa shape index (κ1) is 15.1. The molecule has 2 aliphatic rings. The number of rotatable bonds is 2. The molecule has 0 radical (unpaired) electrons. The quantitative estimate of drug-likeness (QED) is 0.817. The maximum absolute atomic E-state index is 12.4. The van der Waals surface area contributed by atoms with Gasteiger partial charge in [-0.05, 0) is 38.0 Å². The molecule has 2 rings (SSSR count). The van der Waals surface area contributed by atoms with Crippen molar-refractivity contribution < 1.29 is 14.7 Å². The number of carboxylic acid groups (broad SMARTS) is 1. The van der Waals surface area contributed by atoms with Crippen LogP contribution in [0.2, 0.25) is 0 Å². The molecule has 114 valence electrons. The lowest BCUT2D eigenvalue weighted by molar-refractivity contribution is -0.148. The Kier molecular flexibility index (Phi) is 3.98. The zero-order valence-corrected chi connectivity index (χ0v) is 12.7. The van der Waals surface area contributed by atoms with Gasteiger partial charge < -0.3 is 15.3 Å². The van der Waals surface area contributed by atoms with Crippen molar-refractivity contribution >= 4 is 12.0 Å². The summed E-state index contributed by atoms with van der Waals surface area (Å²) in [4.78, 5) is 25.6. The van der Waals surface area contributed by atoms with Crippen LogP contribution < -0.4 is 5.32 Å². The molecule has 1 heterocycles. The molecule has 5 heteroatoms. The number of likely N-dealkylation sites (tertiary alicyclic amines) is 1. The number of hydrogen-bond donors (Lipinski definition) is 2. The minimum atomic E-state index is -0.818. The average molecular weight is 282 g/mol. The zero-order valence-electron chi connectivity index (χ0n) is 12.7. The highest BCUT2D eigenvalue weighted by molar-refractivity contribution is 5.79. The Morgan fingerprint density at radius 2 is 1.90 bits per heavy atom. The minimum Gasteiger partial charge on any atom is -0.481 e. The largest absolute Gasteiger partial charge is 0.481 e. The Bertz CT molecular complexity index is 408. The number of urea groups is 1. The number of nitrogens with zero attached hydrogens (tertiary/aromatic N) is 1. The van der Waals surface area contributed by atoms with Gasteiger partial charge in [-0.2, -0.15) is 0 Å². The van der Waals surface area contributed by atoms with E-state index in [-0.39, 0.29) is 17.5 Å². The van der Waals surface area contributed by atoms with Gasteiger partial charge >= 0.3 is 12.0 Å². The topological polar surface area (TPSA) is 69.6 Å². The molecule has 0 aromatic rings. The summed E-state index contributed by atoms with van der Waals surface area (Å²) in [6, 6.07) is -0.352. The van der Waals surface area contributed by atoms with Gasteiger partial charge in [0, 0.05) is 19.1 Å². The van der Waals surface area contributed by atoms with Gasteiger partial charge in [0.25, 0.3) is 0 Å². The molecule has 2 fully saturated rings. The van der Waals surface area contributed by atoms with Crippen LogP contribution in [0.1, 0.15) is 52.9 Å². The van der Waals surface area contributed by atoms with Crippen molar-refractivity contribution in [3.63, 3.8) is 0 Å². The standard InChI is InChI=1S/C15H26N2O3/c1-14(2)7-5-9-17(10-14)13(20)16-11-6-4-8-15(11,3)12(18)19/h11H,4-10H2,1-3H3,(H,16,20)(H,18,19). The fraction of sp³-hybridized carbons (Fsp3) is 0.867. The van der Waals surface area contributed by atoms with Crippen molar-refractivity contribution in [1.29, 1.82) is 0 Å². The highest BCUT2D eigenvalue weighted by atomic mass is 16.4. The van der Waals surface area contributed by atoms with Crippen LogP contribution in [0.4, 0.5) is 4.79 Å². The molecule has 2 unspecified atom stereocenters. The van der Waals surface area contributed by atoms with Crippen LogP contribution in [-0.2, 0) is 4.79 Å². The van der Waals surface area contributed by atoms with Gasteiger partial charge in [0.15, 0.2) is 0 Å². The van der Waals surface area contributed by atoms with E-state index in [0.717, 1.165) is 38.8 Å². The Morgan fingerprint density at radius 3 is 2.50 bits per heavy atom. The molecule has 0 bridgehead atoms. The smallest absolute Gasteiger partial charge is 0.317 e. The molecular formula is C15H26N2O3. The van der Waals surface area contributed by atoms with Crippen molar-refractivity contribution in [2.45, 2.75) is 58.9 Å². The van der Waals surface area contributed by atoms with Gasteiger partial charge in [0.2, 0.25) is 0 Å². The monoisotopic (exact) mass is 282 g/mol. The molecule has 2 amide bonds. The van der Waals surface area contributed by atoms with Gasteiger partial charge in [0.05, 0.1) is 5.41 Å². The molecule has 5 nitrogen and oxygen atoms in total. The van der Waals surface area contributed by atoms with Gasteiger partial charge in [-0.25, -0.2) is 4.79 Å². The predicted molar refractivity (Wildman–Crippen MR) is 76.5 cm³/mol. The summed E-state index contributed by atoms with van der Waals surface area (Å²) in [5, 5.41) is 12.3. The molecule has 2 N–H and O–H groups in total. The van der Waals surface area contributed by atoms with Gasteiger partial charge in [0.1, 0.15) is 0 Å². The molecule has 0 aromatic heterocycles. The maximum atomic E-state index is 12.4. The SMILES string of the molecule is CC1(C)CCCN(C(=O)NC2CCCC2(C)C(=O)O)C1. The van der Waals surface area contributed by atoms with Crippen LogP contribution in [0, 0.1) is 10.8 Å². The van der Waals surface area contributed by atoms with Crippen LogP contribution in [0.3, 0.4) is 0 Å². The number of nitrogens with one attached hydrogen (secondary N) is 1. The summed E-state index contributed by atoms with van der Waals surface area (Å²) in [5.41, 5.74) is -0.664. The van der Waals surface area contributed by atoms with E-state index in [1.807, 2.05) is 4.90 Å². The number of carbonyl (C=O) groups is 2. The first-order valence-electron chi connectivity index (χ1n) is 7.53. The Morgan fingerprint density at radius 1 is 1.20 bits per heavy atom. The number of piperidine rings is 1. The number of aliphatic carboxylic acids is 1. The van der Waals surface area contributed by atoms with Crippen LogP contribution in [-0.4, -0.2) is 41.1 Å². The second-order valence-electron chi connectivity index (χ2n) is 7.31. The molecule has 1 saturated heterocycles. The molecule has 2 atom stereocenters. The third-order valence-corrected chi connectivity index (χ3v) is 4.93. The Labute approximate surface area is 120 Å². The van der Waals surface area contributed by atoms with Crippen LogP contribution >= 0.6 is 0 Å². The maximum Gasteiger partial charge on any atom is 0.317 e. The van der Waals surface area contributed by atoms with Gasteiger partial charge in [-0.3, -0.25) is 4.79 Å². The van der Waals surface area contributed by atoms with Gasteiger partial charge in [-0.15, -0.1) is 0 Å². The van der Waals surface area contributed by atoms with Crippen LogP contribution in [0.15, 0.2) is 0 Å². The summed E-state index contributed by atoms with van der Waals surface area (Å²) in [5.74, 6) is -0.806. The normalized spacial score (nSPS) is 33.0. The molecule has 1 aliphatic heterocycles. The summed E-state index contributed by atoms with van der Waals surface area (Å²) in [7, 11) is 0. The van der Waals surface area contributed by atoms with Crippen molar-refractivity contribution in [3.8, 4) is 0 Å². The van der Waals surface area contributed by atoms with Crippen molar-refractivity contribution in [3.05, 3.63) is 0 Å². The van der Waals surface area contributed by atoms with E-state index in [2.05, 4.69) is 19.2 Å². The first-order valence-corrected chi connectivity index (χ1v) is 7.53. The highest BCUT2D eigenvalue weighted by Gasteiger charge is 2.46. The first-order chi connectivity index (χ1) is 9.24. The molecule has 0 aromatic carbocycles. The van der Waals surface area contributed by atoms with E-state index in [9.17, 15) is 14.7 Å². The Hall–Kier alpha value is -1.26. The minimum absolute atomic E-state index is 0.0999. The third kappa shape index (κ3) is 2.91. The lowest BCUT2D eigenvalue weighted by Gasteiger charge is -2.39. The molecular weight excluding hydrogens is 256 g/mol. The lowest BCUT2D eigenvalue weighted by atomic mass is 9.84. The Balaban J connectivity index is 1.99. The van der Waals surface area contributed by atoms with E-state index in [1.54, 1.807) is 6.92 Å². The fourth-order valence-corrected chi connectivity index (χ4v) is 3.49. The summed E-state index contributed by atoms with van der Waals surface area (Å²) < 4.78 is 0. The second kappa shape index (κ2) is 5.26. The number of carboxylic acids is 1. The summed E-state index contributed by atoms with van der Waals surface area (Å²) in [6.45, 7) is 7.60. The van der Waals surface area contributed by atoms with E-state index in [4.69, 9.17) is 0 Å². The van der Waals surface area contributed by atoms with Crippen molar-refractivity contribution in [2.24, 2.45) is 10.8 Å². The molecule has 1 aliphatic carbocycles. The van der Waals surface area contributed by atoms with E-state index >= 15 is 0 Å². The lowest BCUT2D eigenvalue weighted by Crippen LogP contribution is -2.54. The van der Waals surface area contributed by atoms with E-state index in [0.29, 0.717) is 6.42 Å². The van der Waals surface area contributed by atoms with Crippen LogP contribution in [0.25, 0.3) is 0 Å². The second-order valence-corrected chi connectivity index (χ2v) is 7.31. The predicted octanol–water partition coefficient (Wildman–Crippen LogP) is 2.46. The zero-order chi connectivity index (χ0) is 15.0. The number of amides is 2. The average Bonchev–Trinajstić information content (AvgIpc) is 2.71. The third-order valence-electron chi connectivity index (χ3n) is 4.93. The summed E-state index contributed by atoms with van der Waals surface area (Å²) in [6.07, 6.45) is 4.40. The molecule has 1 saturated carbocycles. The van der Waals surface area contributed by atoms with Crippen molar-refractivity contribution in [2.75, 3.05) is 13.1 Å².